The molecule has 1 saturated heterocycles. The summed E-state index contributed by atoms with van der Waals surface area (Å²) in [7, 11) is 0. The second-order valence-corrected chi connectivity index (χ2v) is 5.21. The molecule has 0 bridgehead atoms. The van der Waals surface area contributed by atoms with Gasteiger partial charge in [-0.25, -0.2) is 4.39 Å². The molecule has 1 aliphatic heterocycles. The highest BCUT2D eigenvalue weighted by atomic mass is 19.1. The quantitative estimate of drug-likeness (QED) is 0.885. The van der Waals surface area contributed by atoms with Crippen molar-refractivity contribution in [3.05, 3.63) is 35.3 Å². The molecule has 1 aliphatic rings. The fraction of sp³-hybridized carbons (Fsp3) is 0.400. The van der Waals surface area contributed by atoms with E-state index < -0.39 is 0 Å². The van der Waals surface area contributed by atoms with E-state index in [2.05, 4.69) is 10.6 Å². The second-order valence-electron chi connectivity index (χ2n) is 5.21. The minimum Gasteiger partial charge on any atom is -0.451 e. The number of benzene rings is 1. The molecule has 1 aromatic heterocycles. The summed E-state index contributed by atoms with van der Waals surface area (Å²) in [5.41, 5.74) is 1.22. The van der Waals surface area contributed by atoms with Gasteiger partial charge < -0.3 is 15.1 Å². The van der Waals surface area contributed by atoms with E-state index in [0.717, 1.165) is 25.9 Å². The molecule has 1 fully saturated rings. The number of nitrogens with one attached hydrogen (secondary N) is 2. The van der Waals surface area contributed by atoms with Crippen LogP contribution in [-0.4, -0.2) is 25.0 Å². The van der Waals surface area contributed by atoms with Crippen LogP contribution in [0.15, 0.2) is 22.6 Å². The zero-order valence-corrected chi connectivity index (χ0v) is 11.3. The zero-order valence-electron chi connectivity index (χ0n) is 11.3. The first-order valence-corrected chi connectivity index (χ1v) is 6.85. The average molecular weight is 276 g/mol. The van der Waals surface area contributed by atoms with Crippen molar-refractivity contribution in [1.29, 1.82) is 0 Å². The van der Waals surface area contributed by atoms with Gasteiger partial charge in [0.2, 0.25) is 0 Å². The van der Waals surface area contributed by atoms with Gasteiger partial charge in [-0.1, -0.05) is 0 Å². The van der Waals surface area contributed by atoms with Crippen LogP contribution in [0.2, 0.25) is 0 Å². The molecule has 20 heavy (non-hydrogen) atoms. The predicted octanol–water partition coefficient (Wildman–Crippen LogP) is 2.36. The number of hydrogen-bond acceptors (Lipinski definition) is 3. The van der Waals surface area contributed by atoms with Crippen LogP contribution >= 0.6 is 0 Å². The lowest BCUT2D eigenvalue weighted by Gasteiger charge is -2.23. The first kappa shape index (κ1) is 13.1. The number of amides is 1. The average Bonchev–Trinajstić information content (AvgIpc) is 2.77. The van der Waals surface area contributed by atoms with E-state index in [1.165, 1.54) is 12.1 Å². The maximum absolute atomic E-state index is 13.2. The monoisotopic (exact) mass is 276 g/mol. The highest BCUT2D eigenvalue weighted by Gasteiger charge is 2.21. The van der Waals surface area contributed by atoms with E-state index in [1.54, 1.807) is 13.0 Å². The Bertz CT molecular complexity index is 645. The molecule has 3 rings (SSSR count). The molecule has 0 spiro atoms. The molecule has 2 aromatic rings. The summed E-state index contributed by atoms with van der Waals surface area (Å²) in [6.07, 6.45) is 2.02. The molecular weight excluding hydrogens is 259 g/mol. The van der Waals surface area contributed by atoms with Gasteiger partial charge >= 0.3 is 0 Å². The number of furan rings is 1. The molecule has 1 atom stereocenters. The summed E-state index contributed by atoms with van der Waals surface area (Å²) in [5.74, 6) is -0.283. The van der Waals surface area contributed by atoms with Crippen molar-refractivity contribution in [2.45, 2.75) is 25.8 Å². The number of carbonyl (C=O) groups excluding carboxylic acids is 1. The topological polar surface area (TPSA) is 54.3 Å². The smallest absolute Gasteiger partial charge is 0.287 e. The first-order valence-electron chi connectivity index (χ1n) is 6.85. The van der Waals surface area contributed by atoms with Crippen LogP contribution in [0.5, 0.6) is 0 Å². The summed E-state index contributed by atoms with van der Waals surface area (Å²) in [5, 5.41) is 6.86. The molecule has 2 N–H and O–H groups in total. The molecule has 0 radical (unpaired) electrons. The van der Waals surface area contributed by atoms with Gasteiger partial charge in [-0.2, -0.15) is 0 Å². The van der Waals surface area contributed by atoms with Crippen molar-refractivity contribution in [3.63, 3.8) is 0 Å². The van der Waals surface area contributed by atoms with Crippen molar-refractivity contribution in [2.24, 2.45) is 0 Å². The van der Waals surface area contributed by atoms with E-state index in [0.29, 0.717) is 16.5 Å². The Morgan fingerprint density at radius 3 is 3.10 bits per heavy atom. The molecule has 1 amide bonds. The number of halogens is 1. The lowest BCUT2D eigenvalue weighted by molar-refractivity contribution is 0.0904. The zero-order chi connectivity index (χ0) is 14.1. The Balaban J connectivity index is 1.85. The minimum absolute atomic E-state index is 0.126. The Kier molecular flexibility index (Phi) is 3.44. The normalized spacial score (nSPS) is 19.2. The van der Waals surface area contributed by atoms with Gasteiger partial charge in [0.05, 0.1) is 0 Å². The molecule has 4 nitrogen and oxygen atoms in total. The highest BCUT2D eigenvalue weighted by molar-refractivity contribution is 5.99. The lowest BCUT2D eigenvalue weighted by Crippen LogP contribution is -2.45. The summed E-state index contributed by atoms with van der Waals surface area (Å²) in [4.78, 5) is 12.3. The third-order valence-electron chi connectivity index (χ3n) is 3.74. The molecule has 106 valence electrons. The molecular formula is C15H17FN2O2. The van der Waals surface area contributed by atoms with Gasteiger partial charge in [0.1, 0.15) is 11.4 Å². The van der Waals surface area contributed by atoms with Crippen LogP contribution in [0.3, 0.4) is 0 Å². The van der Waals surface area contributed by atoms with Crippen LogP contribution in [0.4, 0.5) is 4.39 Å². The highest BCUT2D eigenvalue weighted by Crippen LogP contribution is 2.26. The van der Waals surface area contributed by atoms with Crippen molar-refractivity contribution in [2.75, 3.05) is 13.1 Å². The van der Waals surface area contributed by atoms with Gasteiger partial charge in [-0.15, -0.1) is 0 Å². The van der Waals surface area contributed by atoms with Crippen LogP contribution < -0.4 is 10.6 Å². The first-order chi connectivity index (χ1) is 9.65. The fourth-order valence-electron chi connectivity index (χ4n) is 2.64. The van der Waals surface area contributed by atoms with E-state index in [4.69, 9.17) is 4.42 Å². The SMILES string of the molecule is Cc1c(C(=O)N[C@H]2CCCNC2)oc2ccc(F)cc12. The van der Waals surface area contributed by atoms with Crippen molar-refractivity contribution >= 4 is 16.9 Å². The lowest BCUT2D eigenvalue weighted by atomic mass is 10.1. The van der Waals surface area contributed by atoms with Crippen LogP contribution in [0.25, 0.3) is 11.0 Å². The number of aryl methyl sites for hydroxylation is 1. The van der Waals surface area contributed by atoms with E-state index in [9.17, 15) is 9.18 Å². The number of piperidine rings is 1. The number of rotatable bonds is 2. The number of hydrogen-bond donors (Lipinski definition) is 2. The van der Waals surface area contributed by atoms with Gasteiger partial charge in [-0.05, 0) is 44.5 Å². The van der Waals surface area contributed by atoms with E-state index in [1.807, 2.05) is 0 Å². The van der Waals surface area contributed by atoms with Gasteiger partial charge in [0.15, 0.2) is 5.76 Å². The van der Waals surface area contributed by atoms with E-state index >= 15 is 0 Å². The Morgan fingerprint density at radius 2 is 2.35 bits per heavy atom. The Morgan fingerprint density at radius 1 is 1.50 bits per heavy atom. The molecule has 0 aliphatic carbocycles. The van der Waals surface area contributed by atoms with Crippen molar-refractivity contribution in [3.8, 4) is 0 Å². The molecule has 2 heterocycles. The maximum atomic E-state index is 13.2. The van der Waals surface area contributed by atoms with E-state index in [-0.39, 0.29) is 23.5 Å². The van der Waals surface area contributed by atoms with Crippen LogP contribution in [0, 0.1) is 12.7 Å². The number of fused-ring (bicyclic) bond motifs is 1. The largest absolute Gasteiger partial charge is 0.451 e. The molecule has 1 aromatic carbocycles. The predicted molar refractivity (Wildman–Crippen MR) is 74.3 cm³/mol. The summed E-state index contributed by atoms with van der Waals surface area (Å²) < 4.78 is 18.8. The van der Waals surface area contributed by atoms with Crippen molar-refractivity contribution in [1.82, 2.24) is 10.6 Å². The number of carbonyl (C=O) groups is 1. The van der Waals surface area contributed by atoms with Crippen molar-refractivity contribution < 1.29 is 13.6 Å². The third-order valence-corrected chi connectivity index (χ3v) is 3.74. The van der Waals surface area contributed by atoms with Gasteiger partial charge in [0.25, 0.3) is 5.91 Å². The van der Waals surface area contributed by atoms with Gasteiger partial charge in [0, 0.05) is 23.5 Å². The standard InChI is InChI=1S/C15H17FN2O2/c1-9-12-7-10(16)4-5-13(12)20-14(9)15(19)18-11-3-2-6-17-8-11/h4-5,7,11,17H,2-3,6,8H2,1H3,(H,18,19)/t11-/m0/s1. The third kappa shape index (κ3) is 2.41. The fourth-order valence-corrected chi connectivity index (χ4v) is 2.64. The minimum atomic E-state index is -0.329. The Labute approximate surface area is 116 Å². The van der Waals surface area contributed by atoms with Crippen LogP contribution in [0.1, 0.15) is 29.0 Å². The second kappa shape index (κ2) is 5.25. The summed E-state index contributed by atoms with van der Waals surface area (Å²) in [6, 6.07) is 4.41. The Hall–Kier alpha value is -1.88. The summed E-state index contributed by atoms with van der Waals surface area (Å²) >= 11 is 0. The molecule has 0 unspecified atom stereocenters. The molecule has 0 saturated carbocycles. The maximum Gasteiger partial charge on any atom is 0.287 e. The van der Waals surface area contributed by atoms with Crippen LogP contribution in [-0.2, 0) is 0 Å². The van der Waals surface area contributed by atoms with Gasteiger partial charge in [-0.3, -0.25) is 4.79 Å². The molecule has 5 heteroatoms. The summed E-state index contributed by atoms with van der Waals surface area (Å²) in [6.45, 7) is 3.55.